The van der Waals surface area contributed by atoms with Crippen molar-refractivity contribution in [1.29, 1.82) is 0 Å². The number of unbranched alkanes of at least 4 members (excludes halogenated alkanes) is 1. The number of nitrogens with zero attached hydrogens (tertiary/aromatic N) is 1. The Morgan fingerprint density at radius 3 is 2.63 bits per heavy atom. The van der Waals surface area contributed by atoms with Gasteiger partial charge in [-0.05, 0) is 38.0 Å². The fraction of sp³-hybridized carbons (Fsp3) is 0.652. The molecule has 2 rings (SSSR count). The van der Waals surface area contributed by atoms with Crippen LogP contribution in [0.15, 0.2) is 41.4 Å². The zero-order valence-electron chi connectivity index (χ0n) is 17.1. The van der Waals surface area contributed by atoms with Crippen LogP contribution in [0.4, 0.5) is 0 Å². The van der Waals surface area contributed by atoms with E-state index in [1.807, 2.05) is 18.7 Å². The highest BCUT2D eigenvalue weighted by Crippen LogP contribution is 2.44. The number of rotatable bonds is 13. The summed E-state index contributed by atoms with van der Waals surface area (Å²) in [6.07, 6.45) is 19.6. The lowest BCUT2D eigenvalue weighted by Gasteiger charge is -2.12. The van der Waals surface area contributed by atoms with Crippen LogP contribution in [-0.2, 0) is 9.53 Å². The summed E-state index contributed by atoms with van der Waals surface area (Å²) < 4.78 is 5.37. The van der Waals surface area contributed by atoms with Crippen molar-refractivity contribution in [1.82, 2.24) is 0 Å². The lowest BCUT2D eigenvalue weighted by atomic mass is 10.1. The Morgan fingerprint density at radius 1 is 1.26 bits per heavy atom. The smallest absolute Gasteiger partial charge is 0.135 e. The van der Waals surface area contributed by atoms with Gasteiger partial charge in [-0.15, -0.1) is 11.8 Å². The Hall–Kier alpha value is -1.13. The maximum Gasteiger partial charge on any atom is 0.135 e. The van der Waals surface area contributed by atoms with Gasteiger partial charge in [-0.2, -0.15) is 0 Å². The molecule has 27 heavy (non-hydrogen) atoms. The van der Waals surface area contributed by atoms with Crippen molar-refractivity contribution in [2.45, 2.75) is 70.9 Å². The van der Waals surface area contributed by atoms with Crippen LogP contribution in [0.1, 0.15) is 58.8 Å². The van der Waals surface area contributed by atoms with E-state index in [0.717, 1.165) is 43.3 Å². The summed E-state index contributed by atoms with van der Waals surface area (Å²) in [7, 11) is 1.69. The molecular formula is C23H35NO2S. The molecule has 0 bridgehead atoms. The second-order valence-corrected chi connectivity index (χ2v) is 8.60. The lowest BCUT2D eigenvalue weighted by Crippen LogP contribution is -2.15. The number of hydrogen-bond donors (Lipinski definition) is 0. The minimum absolute atomic E-state index is 0.0521. The van der Waals surface area contributed by atoms with Crippen LogP contribution >= 0.6 is 11.8 Å². The number of ether oxygens (including phenoxy) is 1. The van der Waals surface area contributed by atoms with E-state index < -0.39 is 0 Å². The van der Waals surface area contributed by atoms with Gasteiger partial charge in [-0.25, -0.2) is 0 Å². The van der Waals surface area contributed by atoms with Crippen molar-refractivity contribution in [3.8, 4) is 0 Å². The molecule has 0 aromatic heterocycles. The molecule has 1 unspecified atom stereocenters. The zero-order valence-corrected chi connectivity index (χ0v) is 17.9. The van der Waals surface area contributed by atoms with Crippen molar-refractivity contribution >= 4 is 22.6 Å². The van der Waals surface area contributed by atoms with Gasteiger partial charge < -0.3 is 4.74 Å². The van der Waals surface area contributed by atoms with Gasteiger partial charge in [0.1, 0.15) is 5.78 Å². The second-order valence-electron chi connectivity index (χ2n) is 7.56. The van der Waals surface area contributed by atoms with Gasteiger partial charge in [-0.3, -0.25) is 9.79 Å². The molecule has 1 saturated carbocycles. The van der Waals surface area contributed by atoms with E-state index in [9.17, 15) is 4.79 Å². The minimum Gasteiger partial charge on any atom is -0.381 e. The van der Waals surface area contributed by atoms with Gasteiger partial charge in [0.05, 0.1) is 17.2 Å². The van der Waals surface area contributed by atoms with Gasteiger partial charge in [0.15, 0.2) is 0 Å². The SMILES string of the molecule is CCC(=O)CC(CC/C=C/C=C/CC/C=C\[C@@H]1CSC([C@@H]2C[C@@H]2C)=N1)OC. The normalized spacial score (nSPS) is 26.3. The Bertz CT molecular complexity index is 579. The summed E-state index contributed by atoms with van der Waals surface area (Å²) in [6, 6.07) is 0.398. The summed E-state index contributed by atoms with van der Waals surface area (Å²) in [5.41, 5.74) is 0. The molecule has 1 fully saturated rings. The first-order chi connectivity index (χ1) is 13.1. The highest BCUT2D eigenvalue weighted by atomic mass is 32.2. The monoisotopic (exact) mass is 389 g/mol. The molecule has 150 valence electrons. The van der Waals surface area contributed by atoms with Crippen molar-refractivity contribution in [2.75, 3.05) is 12.9 Å². The quantitative estimate of drug-likeness (QED) is 0.228. The second kappa shape index (κ2) is 12.4. The Balaban J connectivity index is 1.52. The fourth-order valence-electron chi connectivity index (χ4n) is 3.16. The molecular weight excluding hydrogens is 354 g/mol. The zero-order chi connectivity index (χ0) is 19.5. The van der Waals surface area contributed by atoms with E-state index in [1.54, 1.807) is 7.11 Å². The molecule has 0 radical (unpaired) electrons. The summed E-state index contributed by atoms with van der Waals surface area (Å²) in [6.45, 7) is 4.22. The molecule has 0 aromatic rings. The maximum absolute atomic E-state index is 11.5. The number of Topliss-reactive ketones (excluding diaryl/α,β-unsaturated/α-hetero) is 1. The van der Waals surface area contributed by atoms with E-state index >= 15 is 0 Å². The first-order valence-corrected chi connectivity index (χ1v) is 11.4. The predicted molar refractivity (Wildman–Crippen MR) is 118 cm³/mol. The molecule has 0 N–H and O–H groups in total. The third kappa shape index (κ3) is 8.61. The average Bonchev–Trinajstić information content (AvgIpc) is 3.22. The van der Waals surface area contributed by atoms with E-state index in [4.69, 9.17) is 9.73 Å². The summed E-state index contributed by atoms with van der Waals surface area (Å²) >= 11 is 1.96. The number of hydrogen-bond acceptors (Lipinski definition) is 4. The first kappa shape index (κ1) is 22.2. The number of thioether (sulfide) groups is 1. The summed E-state index contributed by atoms with van der Waals surface area (Å²) in [5, 5.41) is 1.40. The average molecular weight is 390 g/mol. The lowest BCUT2D eigenvalue weighted by molar-refractivity contribution is -0.121. The van der Waals surface area contributed by atoms with Crippen LogP contribution in [0, 0.1) is 11.8 Å². The van der Waals surface area contributed by atoms with Crippen molar-refractivity contribution in [2.24, 2.45) is 16.8 Å². The highest BCUT2D eigenvalue weighted by Gasteiger charge is 2.39. The maximum atomic E-state index is 11.5. The van der Waals surface area contributed by atoms with Crippen molar-refractivity contribution < 1.29 is 9.53 Å². The molecule has 3 nitrogen and oxygen atoms in total. The van der Waals surface area contributed by atoms with Crippen LogP contribution in [0.2, 0.25) is 0 Å². The number of carbonyl (C=O) groups excluding carboxylic acids is 1. The van der Waals surface area contributed by atoms with Crippen LogP contribution in [0.3, 0.4) is 0 Å². The molecule has 1 aliphatic heterocycles. The molecule has 0 aromatic carbocycles. The number of allylic oxidation sites excluding steroid dienone is 5. The molecule has 1 aliphatic carbocycles. The Labute approximate surface area is 169 Å². The van der Waals surface area contributed by atoms with Crippen LogP contribution in [0.5, 0.6) is 0 Å². The van der Waals surface area contributed by atoms with E-state index in [1.165, 1.54) is 11.5 Å². The molecule has 0 spiro atoms. The third-order valence-corrected chi connectivity index (χ3v) is 6.41. The number of aliphatic imine (C=N–C) groups is 1. The van der Waals surface area contributed by atoms with Gasteiger partial charge in [0, 0.05) is 31.6 Å². The Morgan fingerprint density at radius 2 is 1.96 bits per heavy atom. The van der Waals surface area contributed by atoms with Gasteiger partial charge in [0.2, 0.25) is 0 Å². The molecule has 0 amide bonds. The number of ketones is 1. The van der Waals surface area contributed by atoms with E-state index in [-0.39, 0.29) is 11.9 Å². The number of methoxy groups -OCH3 is 1. The van der Waals surface area contributed by atoms with E-state index in [0.29, 0.717) is 18.9 Å². The van der Waals surface area contributed by atoms with Gasteiger partial charge >= 0.3 is 0 Å². The molecule has 2 aliphatic rings. The topological polar surface area (TPSA) is 38.7 Å². The highest BCUT2D eigenvalue weighted by molar-refractivity contribution is 8.14. The number of carbonyl (C=O) groups is 1. The van der Waals surface area contributed by atoms with Crippen LogP contribution < -0.4 is 0 Å². The molecule has 4 heteroatoms. The minimum atomic E-state index is 0.0521. The Kier molecular flexibility index (Phi) is 10.1. The third-order valence-electron chi connectivity index (χ3n) is 5.20. The summed E-state index contributed by atoms with van der Waals surface area (Å²) in [4.78, 5) is 16.3. The molecule has 1 heterocycles. The van der Waals surface area contributed by atoms with E-state index in [2.05, 4.69) is 43.4 Å². The molecule has 0 saturated heterocycles. The van der Waals surface area contributed by atoms with Gasteiger partial charge in [-0.1, -0.05) is 50.3 Å². The standard InChI is InChI=1S/C23H35NO2S/c1-4-20(25)16-21(26-3)14-12-10-8-6-5-7-9-11-13-19-17-27-23(24-19)22-15-18(22)2/h5-6,8,10-11,13,18-19,21-22H,4,7,9,12,14-17H2,1-3H3/b6-5+,10-8+,13-11-/t18-,19+,21?,22+/m0/s1. The predicted octanol–water partition coefficient (Wildman–Crippen LogP) is 5.77. The first-order valence-electron chi connectivity index (χ1n) is 10.4. The van der Waals surface area contributed by atoms with Crippen LogP contribution in [-0.4, -0.2) is 35.8 Å². The van der Waals surface area contributed by atoms with Crippen molar-refractivity contribution in [3.63, 3.8) is 0 Å². The van der Waals surface area contributed by atoms with Crippen molar-refractivity contribution in [3.05, 3.63) is 36.5 Å². The van der Waals surface area contributed by atoms with Crippen LogP contribution in [0.25, 0.3) is 0 Å². The molecule has 4 atom stereocenters. The fourth-order valence-corrected chi connectivity index (χ4v) is 4.43. The largest absolute Gasteiger partial charge is 0.381 e. The van der Waals surface area contributed by atoms with Gasteiger partial charge in [0.25, 0.3) is 0 Å². The summed E-state index contributed by atoms with van der Waals surface area (Å²) in [5.74, 6) is 3.03.